The Labute approximate surface area is 76.7 Å². The summed E-state index contributed by atoms with van der Waals surface area (Å²) in [6, 6.07) is 0. The Morgan fingerprint density at radius 1 is 1.14 bits per heavy atom. The van der Waals surface area contributed by atoms with Gasteiger partial charge in [-0.3, -0.25) is 4.79 Å². The first-order valence-corrected chi connectivity index (χ1v) is 3.68. The van der Waals surface area contributed by atoms with Crippen LogP contribution in [0.25, 0.3) is 0 Å². The van der Waals surface area contributed by atoms with Gasteiger partial charge in [-0.25, -0.2) is 0 Å². The average Bonchev–Trinajstić information content (AvgIpc) is 1.99. The molecule has 0 aromatic rings. The molecule has 0 rings (SSSR count). The molecule has 0 radical (unpaired) electrons. The van der Waals surface area contributed by atoms with Gasteiger partial charge in [-0.05, 0) is 5.92 Å². The molecule has 0 amide bonds. The van der Waals surface area contributed by atoms with Crippen molar-refractivity contribution in [2.24, 2.45) is 5.92 Å². The molecule has 2 nitrogen and oxygen atoms in total. The third-order valence-corrected chi connectivity index (χ3v) is 1.56. The van der Waals surface area contributed by atoms with Gasteiger partial charge in [-0.15, -0.1) is 0 Å². The lowest BCUT2D eigenvalue weighted by atomic mass is 9.98. The molecule has 14 heavy (non-hydrogen) atoms. The molecule has 0 aromatic heterocycles. The predicted octanol–water partition coefficient (Wildman–Crippen LogP) is 1.77. The van der Waals surface area contributed by atoms with E-state index >= 15 is 0 Å². The zero-order valence-electron chi connectivity index (χ0n) is 7.40. The van der Waals surface area contributed by atoms with Crippen molar-refractivity contribution in [3.8, 4) is 0 Å². The van der Waals surface area contributed by atoms with E-state index in [9.17, 15) is 26.7 Å². The molecular formula is C7H9F5O2. The van der Waals surface area contributed by atoms with Gasteiger partial charge in [0.2, 0.25) is 0 Å². The van der Waals surface area contributed by atoms with Crippen molar-refractivity contribution in [2.75, 3.05) is 0 Å². The fourth-order valence-electron chi connectivity index (χ4n) is 0.742. The van der Waals surface area contributed by atoms with Gasteiger partial charge in [-0.2, -0.15) is 22.0 Å². The number of halogens is 5. The monoisotopic (exact) mass is 220 g/mol. The van der Waals surface area contributed by atoms with E-state index in [1.807, 2.05) is 0 Å². The van der Waals surface area contributed by atoms with Crippen molar-refractivity contribution >= 4 is 5.78 Å². The van der Waals surface area contributed by atoms with Gasteiger partial charge < -0.3 is 5.11 Å². The van der Waals surface area contributed by atoms with E-state index in [1.165, 1.54) is 0 Å². The largest absolute Gasteiger partial charge is 0.456 e. The van der Waals surface area contributed by atoms with Gasteiger partial charge in [0, 0.05) is 0 Å². The maximum atomic E-state index is 12.6. The van der Waals surface area contributed by atoms with Gasteiger partial charge in [0.1, 0.15) is 6.10 Å². The maximum Gasteiger partial charge on any atom is 0.456 e. The summed E-state index contributed by atoms with van der Waals surface area (Å²) in [5.41, 5.74) is 0. The molecule has 0 bridgehead atoms. The SMILES string of the molecule is CC(C)C(O)C(F)(F)C(=O)C(F)(F)F. The van der Waals surface area contributed by atoms with E-state index in [4.69, 9.17) is 5.11 Å². The standard InChI is InChI=1S/C7H9F5O2/c1-3(2)4(13)6(8,9)5(14)7(10,11)12/h3-4,13H,1-2H3. The Hall–Kier alpha value is -0.720. The fourth-order valence-corrected chi connectivity index (χ4v) is 0.742. The lowest BCUT2D eigenvalue weighted by Crippen LogP contribution is -2.50. The van der Waals surface area contributed by atoms with Crippen molar-refractivity contribution in [3.63, 3.8) is 0 Å². The quantitative estimate of drug-likeness (QED) is 0.736. The number of aliphatic hydroxyl groups is 1. The lowest BCUT2D eigenvalue weighted by molar-refractivity contribution is -0.211. The highest BCUT2D eigenvalue weighted by Crippen LogP contribution is 2.32. The highest BCUT2D eigenvalue weighted by molar-refractivity contribution is 5.91. The molecule has 0 aliphatic heterocycles. The summed E-state index contributed by atoms with van der Waals surface area (Å²) in [5.74, 6) is -9.14. The van der Waals surface area contributed by atoms with E-state index in [0.29, 0.717) is 0 Å². The normalized spacial score (nSPS) is 15.8. The summed E-state index contributed by atoms with van der Waals surface area (Å²) in [5, 5.41) is 8.72. The summed E-state index contributed by atoms with van der Waals surface area (Å²) < 4.78 is 60.2. The number of ketones is 1. The molecule has 1 atom stereocenters. The zero-order chi connectivity index (χ0) is 11.7. The van der Waals surface area contributed by atoms with Crippen LogP contribution < -0.4 is 0 Å². The number of hydrogen-bond acceptors (Lipinski definition) is 2. The van der Waals surface area contributed by atoms with Crippen LogP contribution in [0.15, 0.2) is 0 Å². The molecule has 84 valence electrons. The molecule has 7 heteroatoms. The maximum absolute atomic E-state index is 12.6. The molecular weight excluding hydrogens is 211 g/mol. The van der Waals surface area contributed by atoms with Gasteiger partial charge >= 0.3 is 17.9 Å². The van der Waals surface area contributed by atoms with E-state index in [2.05, 4.69) is 0 Å². The first kappa shape index (κ1) is 13.3. The molecule has 0 fully saturated rings. The molecule has 0 spiro atoms. The summed E-state index contributed by atoms with van der Waals surface area (Å²) in [6.45, 7) is 2.17. The van der Waals surface area contributed by atoms with Crippen LogP contribution in [-0.2, 0) is 4.79 Å². The van der Waals surface area contributed by atoms with Gasteiger partial charge in [-0.1, -0.05) is 13.8 Å². The Balaban J connectivity index is 4.88. The summed E-state index contributed by atoms with van der Waals surface area (Å²) in [4.78, 5) is 10.2. The Morgan fingerprint density at radius 3 is 1.71 bits per heavy atom. The van der Waals surface area contributed by atoms with Crippen LogP contribution in [0.5, 0.6) is 0 Å². The number of aliphatic hydroxyl groups excluding tert-OH is 1. The summed E-state index contributed by atoms with van der Waals surface area (Å²) in [7, 11) is 0. The van der Waals surface area contributed by atoms with Crippen molar-refractivity contribution in [2.45, 2.75) is 32.1 Å². The second kappa shape index (κ2) is 3.80. The van der Waals surface area contributed by atoms with E-state index < -0.39 is 29.9 Å². The van der Waals surface area contributed by atoms with Gasteiger partial charge in [0.25, 0.3) is 0 Å². The van der Waals surface area contributed by atoms with Crippen molar-refractivity contribution in [1.29, 1.82) is 0 Å². The number of Topliss-reactive ketones (excluding diaryl/α,β-unsaturated/α-hetero) is 1. The van der Waals surface area contributed by atoms with Crippen molar-refractivity contribution in [1.82, 2.24) is 0 Å². The van der Waals surface area contributed by atoms with Gasteiger partial charge in [0.05, 0.1) is 0 Å². The first-order valence-electron chi connectivity index (χ1n) is 3.68. The number of carbonyl (C=O) groups is 1. The van der Waals surface area contributed by atoms with Crippen LogP contribution >= 0.6 is 0 Å². The fraction of sp³-hybridized carbons (Fsp3) is 0.857. The molecule has 1 unspecified atom stereocenters. The number of alkyl halides is 5. The molecule has 0 aliphatic carbocycles. The molecule has 1 N–H and O–H groups in total. The third kappa shape index (κ3) is 2.63. The highest BCUT2D eigenvalue weighted by Gasteiger charge is 2.59. The minimum atomic E-state index is -5.64. The summed E-state index contributed by atoms with van der Waals surface area (Å²) >= 11 is 0. The third-order valence-electron chi connectivity index (χ3n) is 1.56. The molecule has 0 aromatic carbocycles. The zero-order valence-corrected chi connectivity index (χ0v) is 7.40. The van der Waals surface area contributed by atoms with Gasteiger partial charge in [0.15, 0.2) is 0 Å². The van der Waals surface area contributed by atoms with Crippen LogP contribution in [0.1, 0.15) is 13.8 Å². The molecule has 0 saturated heterocycles. The Bertz CT molecular complexity index is 221. The highest BCUT2D eigenvalue weighted by atomic mass is 19.4. The number of hydrogen-bond donors (Lipinski definition) is 1. The second-order valence-corrected chi connectivity index (χ2v) is 3.14. The first-order chi connectivity index (χ1) is 6.01. The summed E-state index contributed by atoms with van der Waals surface area (Å²) in [6.07, 6.45) is -8.27. The Morgan fingerprint density at radius 2 is 1.50 bits per heavy atom. The topological polar surface area (TPSA) is 37.3 Å². The average molecular weight is 220 g/mol. The van der Waals surface area contributed by atoms with E-state index in [-0.39, 0.29) is 0 Å². The van der Waals surface area contributed by atoms with Crippen molar-refractivity contribution < 1.29 is 31.9 Å². The Kier molecular flexibility index (Phi) is 3.60. The molecule has 0 aliphatic rings. The number of rotatable bonds is 3. The minimum Gasteiger partial charge on any atom is -0.386 e. The lowest BCUT2D eigenvalue weighted by Gasteiger charge is -2.24. The van der Waals surface area contributed by atoms with E-state index in [0.717, 1.165) is 13.8 Å². The smallest absolute Gasteiger partial charge is 0.386 e. The van der Waals surface area contributed by atoms with Crippen molar-refractivity contribution in [3.05, 3.63) is 0 Å². The predicted molar refractivity (Wildman–Crippen MR) is 36.9 cm³/mol. The number of carbonyl (C=O) groups excluding carboxylic acids is 1. The molecule has 0 saturated carbocycles. The van der Waals surface area contributed by atoms with Crippen LogP contribution in [0.3, 0.4) is 0 Å². The van der Waals surface area contributed by atoms with Crippen LogP contribution in [-0.4, -0.2) is 29.1 Å². The van der Waals surface area contributed by atoms with Crippen LogP contribution in [0.2, 0.25) is 0 Å². The minimum absolute atomic E-state index is 1.09. The van der Waals surface area contributed by atoms with Crippen LogP contribution in [0, 0.1) is 5.92 Å². The van der Waals surface area contributed by atoms with Crippen LogP contribution in [0.4, 0.5) is 22.0 Å². The molecule has 0 heterocycles. The van der Waals surface area contributed by atoms with E-state index in [1.54, 1.807) is 0 Å². The second-order valence-electron chi connectivity index (χ2n) is 3.14.